The summed E-state index contributed by atoms with van der Waals surface area (Å²) < 4.78 is 13.0. The normalized spacial score (nSPS) is 16.4. The molecular weight excluding hydrogens is 381 g/mol. The van der Waals surface area contributed by atoms with E-state index in [1.54, 1.807) is 17.0 Å². The highest BCUT2D eigenvalue weighted by Crippen LogP contribution is 2.22. The quantitative estimate of drug-likeness (QED) is 0.631. The second-order valence-electron chi connectivity index (χ2n) is 8.02. The van der Waals surface area contributed by atoms with E-state index < -0.39 is 0 Å². The number of hydrogen-bond donors (Lipinski definition) is 2. The topological polar surface area (TPSA) is 65.2 Å². The summed E-state index contributed by atoms with van der Waals surface area (Å²) in [6, 6.07) is 12.6. The van der Waals surface area contributed by atoms with Crippen LogP contribution >= 0.6 is 0 Å². The lowest BCUT2D eigenvalue weighted by molar-refractivity contribution is -0.129. The van der Waals surface area contributed by atoms with Crippen molar-refractivity contribution in [3.63, 3.8) is 0 Å². The lowest BCUT2D eigenvalue weighted by atomic mass is 10.1. The van der Waals surface area contributed by atoms with E-state index in [0.717, 1.165) is 17.5 Å². The maximum absolute atomic E-state index is 13.0. The molecule has 5 nitrogen and oxygen atoms in total. The maximum Gasteiger partial charge on any atom is 0.225 e. The van der Waals surface area contributed by atoms with Gasteiger partial charge in [0.15, 0.2) is 0 Å². The van der Waals surface area contributed by atoms with Gasteiger partial charge in [-0.05, 0) is 55.2 Å². The van der Waals surface area contributed by atoms with Crippen molar-refractivity contribution < 1.29 is 14.0 Å². The maximum atomic E-state index is 13.0. The van der Waals surface area contributed by atoms with E-state index in [4.69, 9.17) is 0 Å². The summed E-state index contributed by atoms with van der Waals surface area (Å²) in [5, 5.41) is 4.10. The number of likely N-dealkylation sites (tertiary alicyclic amines) is 1. The number of carbonyl (C=O) groups is 2. The molecular formula is C24H26FN3O2. The zero-order valence-corrected chi connectivity index (χ0v) is 17.1. The van der Waals surface area contributed by atoms with Gasteiger partial charge in [0.05, 0.1) is 5.92 Å². The first kappa shape index (κ1) is 20.1. The Morgan fingerprint density at radius 2 is 2.00 bits per heavy atom. The number of rotatable bonds is 7. The highest BCUT2D eigenvalue weighted by atomic mass is 19.1. The van der Waals surface area contributed by atoms with Gasteiger partial charge in [0.25, 0.3) is 0 Å². The number of halogens is 1. The SMILES string of the molecule is Cc1ccc2[nH]cc(CCN3C[C@H](C(=O)NCCc4ccc(F)cc4)CC3=O)c2c1. The molecule has 1 fully saturated rings. The lowest BCUT2D eigenvalue weighted by Gasteiger charge is -2.16. The summed E-state index contributed by atoms with van der Waals surface area (Å²) in [6.07, 6.45) is 3.66. The van der Waals surface area contributed by atoms with Gasteiger partial charge < -0.3 is 15.2 Å². The smallest absolute Gasteiger partial charge is 0.225 e. The molecule has 1 saturated heterocycles. The van der Waals surface area contributed by atoms with E-state index in [2.05, 4.69) is 35.4 Å². The second-order valence-corrected chi connectivity index (χ2v) is 8.02. The molecule has 0 saturated carbocycles. The van der Waals surface area contributed by atoms with E-state index in [1.807, 2.05) is 6.20 Å². The van der Waals surface area contributed by atoms with Crippen LogP contribution in [0.2, 0.25) is 0 Å². The number of aromatic nitrogens is 1. The molecule has 0 bridgehead atoms. The molecule has 30 heavy (non-hydrogen) atoms. The van der Waals surface area contributed by atoms with Gasteiger partial charge in [0, 0.05) is 43.2 Å². The fourth-order valence-electron chi connectivity index (χ4n) is 4.04. The van der Waals surface area contributed by atoms with Gasteiger partial charge in [-0.3, -0.25) is 9.59 Å². The van der Waals surface area contributed by atoms with Crippen molar-refractivity contribution in [1.82, 2.24) is 15.2 Å². The zero-order valence-electron chi connectivity index (χ0n) is 17.1. The van der Waals surface area contributed by atoms with E-state index >= 15 is 0 Å². The van der Waals surface area contributed by atoms with Crippen LogP contribution in [0.1, 0.15) is 23.1 Å². The summed E-state index contributed by atoms with van der Waals surface area (Å²) >= 11 is 0. The van der Waals surface area contributed by atoms with Crippen LogP contribution in [-0.2, 0) is 22.4 Å². The van der Waals surface area contributed by atoms with Crippen LogP contribution < -0.4 is 5.32 Å². The number of nitrogens with zero attached hydrogens (tertiary/aromatic N) is 1. The lowest BCUT2D eigenvalue weighted by Crippen LogP contribution is -2.34. The molecule has 2 heterocycles. The van der Waals surface area contributed by atoms with Crippen molar-refractivity contribution >= 4 is 22.7 Å². The number of amides is 2. The van der Waals surface area contributed by atoms with E-state index in [-0.39, 0.29) is 30.0 Å². The third-order valence-electron chi connectivity index (χ3n) is 5.79. The van der Waals surface area contributed by atoms with Gasteiger partial charge in [0.2, 0.25) is 11.8 Å². The van der Waals surface area contributed by atoms with Crippen molar-refractivity contribution in [1.29, 1.82) is 0 Å². The summed E-state index contributed by atoms with van der Waals surface area (Å²) in [4.78, 5) is 29.9. The molecule has 0 radical (unpaired) electrons. The third kappa shape index (κ3) is 4.53. The molecule has 2 N–H and O–H groups in total. The number of carbonyl (C=O) groups excluding carboxylic acids is 2. The summed E-state index contributed by atoms with van der Waals surface area (Å²) in [7, 11) is 0. The van der Waals surface area contributed by atoms with Gasteiger partial charge in [-0.15, -0.1) is 0 Å². The summed E-state index contributed by atoms with van der Waals surface area (Å²) in [5.74, 6) is -0.633. The minimum Gasteiger partial charge on any atom is -0.361 e. The Balaban J connectivity index is 1.27. The average molecular weight is 407 g/mol. The highest BCUT2D eigenvalue weighted by molar-refractivity contribution is 5.89. The molecule has 1 aliphatic heterocycles. The van der Waals surface area contributed by atoms with Crippen LogP contribution in [0, 0.1) is 18.7 Å². The van der Waals surface area contributed by atoms with Crippen molar-refractivity contribution in [2.75, 3.05) is 19.6 Å². The molecule has 1 atom stereocenters. The minimum atomic E-state index is -0.309. The third-order valence-corrected chi connectivity index (χ3v) is 5.79. The van der Waals surface area contributed by atoms with Crippen LogP contribution in [0.15, 0.2) is 48.7 Å². The fraction of sp³-hybridized carbons (Fsp3) is 0.333. The Hall–Kier alpha value is -3.15. The Bertz CT molecular complexity index is 1060. The Labute approximate surface area is 175 Å². The number of fused-ring (bicyclic) bond motifs is 1. The van der Waals surface area contributed by atoms with Crippen LogP contribution in [0.4, 0.5) is 4.39 Å². The first-order valence-corrected chi connectivity index (χ1v) is 10.4. The number of nitrogens with one attached hydrogen (secondary N) is 2. The van der Waals surface area contributed by atoms with Gasteiger partial charge >= 0.3 is 0 Å². The van der Waals surface area contributed by atoms with Gasteiger partial charge in [0.1, 0.15) is 5.82 Å². The number of aryl methyl sites for hydroxylation is 1. The molecule has 0 unspecified atom stereocenters. The van der Waals surface area contributed by atoms with E-state index in [0.29, 0.717) is 26.1 Å². The van der Waals surface area contributed by atoms with Crippen molar-refractivity contribution in [3.05, 3.63) is 71.2 Å². The number of aromatic amines is 1. The van der Waals surface area contributed by atoms with Crippen molar-refractivity contribution in [2.45, 2.75) is 26.2 Å². The molecule has 3 aromatic rings. The molecule has 0 aliphatic carbocycles. The number of H-pyrrole nitrogens is 1. The number of benzene rings is 2. The van der Waals surface area contributed by atoms with Crippen LogP contribution in [0.3, 0.4) is 0 Å². The second kappa shape index (κ2) is 8.69. The predicted molar refractivity (Wildman–Crippen MR) is 115 cm³/mol. The Kier molecular flexibility index (Phi) is 5.84. The highest BCUT2D eigenvalue weighted by Gasteiger charge is 2.33. The Morgan fingerprint density at radius 3 is 2.80 bits per heavy atom. The van der Waals surface area contributed by atoms with Gasteiger partial charge in [-0.2, -0.15) is 0 Å². The average Bonchev–Trinajstić information content (AvgIpc) is 3.30. The van der Waals surface area contributed by atoms with E-state index in [1.165, 1.54) is 28.6 Å². The van der Waals surface area contributed by atoms with Crippen LogP contribution in [0.25, 0.3) is 10.9 Å². The monoisotopic (exact) mass is 407 g/mol. The molecule has 1 aliphatic rings. The summed E-state index contributed by atoms with van der Waals surface area (Å²) in [6.45, 7) is 3.62. The largest absolute Gasteiger partial charge is 0.361 e. The molecule has 2 amide bonds. The molecule has 2 aromatic carbocycles. The van der Waals surface area contributed by atoms with Crippen LogP contribution in [-0.4, -0.2) is 41.3 Å². The van der Waals surface area contributed by atoms with Crippen molar-refractivity contribution in [2.24, 2.45) is 5.92 Å². The van der Waals surface area contributed by atoms with Crippen LogP contribution in [0.5, 0.6) is 0 Å². The fourth-order valence-corrected chi connectivity index (χ4v) is 4.04. The van der Waals surface area contributed by atoms with Gasteiger partial charge in [-0.25, -0.2) is 4.39 Å². The van der Waals surface area contributed by atoms with E-state index in [9.17, 15) is 14.0 Å². The number of hydrogen-bond acceptors (Lipinski definition) is 2. The Morgan fingerprint density at radius 1 is 1.20 bits per heavy atom. The molecule has 0 spiro atoms. The zero-order chi connectivity index (χ0) is 21.1. The molecule has 4 rings (SSSR count). The van der Waals surface area contributed by atoms with Crippen molar-refractivity contribution in [3.8, 4) is 0 Å². The first-order valence-electron chi connectivity index (χ1n) is 10.4. The standard InChI is InChI=1S/C24H26FN3O2/c1-16-2-7-22-21(12-16)18(14-27-22)9-11-28-15-19(13-23(28)29)24(30)26-10-8-17-3-5-20(25)6-4-17/h2-7,12,14,19,27H,8-11,13,15H2,1H3,(H,26,30)/t19-/m1/s1. The first-order chi connectivity index (χ1) is 14.5. The molecule has 156 valence electrons. The minimum absolute atomic E-state index is 0.0321. The summed E-state index contributed by atoms with van der Waals surface area (Å²) in [5.41, 5.74) is 4.46. The molecule has 1 aromatic heterocycles. The van der Waals surface area contributed by atoms with Gasteiger partial charge in [-0.1, -0.05) is 23.8 Å². The molecule has 6 heteroatoms. The predicted octanol–water partition coefficient (Wildman–Crippen LogP) is 3.37.